The Bertz CT molecular complexity index is 454. The van der Waals surface area contributed by atoms with Crippen LogP contribution in [0.4, 0.5) is 0 Å². The second-order valence-electron chi connectivity index (χ2n) is 5.82. The van der Waals surface area contributed by atoms with Crippen molar-refractivity contribution in [3.05, 3.63) is 35.4 Å². The van der Waals surface area contributed by atoms with Crippen LogP contribution in [0.5, 0.6) is 0 Å². The Balaban J connectivity index is 2.15. The number of likely N-dealkylation sites (tertiary alicyclic amines) is 1. The van der Waals surface area contributed by atoms with Crippen LogP contribution in [-0.2, 0) is 0 Å². The van der Waals surface area contributed by atoms with Crippen LogP contribution in [0.2, 0.25) is 0 Å². The van der Waals surface area contributed by atoms with Crippen molar-refractivity contribution in [2.75, 3.05) is 13.1 Å². The molecule has 0 radical (unpaired) electrons. The number of β-amino-alcohol motifs (C(OH)–C–C–N with tert-alkyl or cyclic N) is 1. The van der Waals surface area contributed by atoms with Gasteiger partial charge in [0.15, 0.2) is 0 Å². The summed E-state index contributed by atoms with van der Waals surface area (Å²) in [6.07, 6.45) is 0.394. The number of carbonyl (C=O) groups is 1. The smallest absolute Gasteiger partial charge is 0.254 e. The lowest BCUT2D eigenvalue weighted by atomic mass is 9.80. The lowest BCUT2D eigenvalue weighted by molar-refractivity contribution is -0.0191. The number of rotatable bonds is 1. The molecule has 1 aromatic carbocycles. The number of nitrogens with zero attached hydrogens (tertiary/aromatic N) is 1. The molecule has 0 aromatic heterocycles. The Hall–Kier alpha value is -1.35. The predicted octanol–water partition coefficient (Wildman–Crippen LogP) is 2.23. The molecule has 3 heteroatoms. The van der Waals surface area contributed by atoms with Gasteiger partial charge in [0.2, 0.25) is 0 Å². The second kappa shape index (κ2) is 4.73. The Kier molecular flexibility index (Phi) is 3.44. The maximum absolute atomic E-state index is 12.4. The molecule has 1 N–H and O–H groups in total. The molecule has 0 spiro atoms. The first kappa shape index (κ1) is 13.1. The van der Waals surface area contributed by atoms with E-state index in [0.29, 0.717) is 6.54 Å². The molecule has 0 saturated carbocycles. The van der Waals surface area contributed by atoms with Crippen LogP contribution >= 0.6 is 0 Å². The summed E-state index contributed by atoms with van der Waals surface area (Å²) in [6, 6.07) is 7.60. The van der Waals surface area contributed by atoms with E-state index in [1.165, 1.54) is 0 Å². The van der Waals surface area contributed by atoms with Gasteiger partial charge in [-0.15, -0.1) is 0 Å². The summed E-state index contributed by atoms with van der Waals surface area (Å²) >= 11 is 0. The number of hydrogen-bond acceptors (Lipinski definition) is 2. The average molecular weight is 247 g/mol. The maximum atomic E-state index is 12.4. The first-order chi connectivity index (χ1) is 8.42. The van der Waals surface area contributed by atoms with Crippen LogP contribution in [0, 0.1) is 12.3 Å². The lowest BCUT2D eigenvalue weighted by Gasteiger charge is -2.41. The van der Waals surface area contributed by atoms with E-state index < -0.39 is 6.10 Å². The number of aryl methyl sites for hydroxylation is 1. The zero-order chi connectivity index (χ0) is 13.3. The minimum atomic E-state index is -0.445. The monoisotopic (exact) mass is 247 g/mol. The van der Waals surface area contributed by atoms with Crippen molar-refractivity contribution in [1.29, 1.82) is 0 Å². The van der Waals surface area contributed by atoms with E-state index in [0.717, 1.165) is 24.1 Å². The van der Waals surface area contributed by atoms with Crippen molar-refractivity contribution in [3.8, 4) is 0 Å². The first-order valence-electron chi connectivity index (χ1n) is 6.45. The zero-order valence-corrected chi connectivity index (χ0v) is 11.3. The molecular formula is C15H21NO2. The summed E-state index contributed by atoms with van der Waals surface area (Å²) in [4.78, 5) is 14.2. The molecule has 98 valence electrons. The highest BCUT2D eigenvalue weighted by Crippen LogP contribution is 2.31. The number of hydrogen-bond donors (Lipinski definition) is 1. The van der Waals surface area contributed by atoms with Crippen molar-refractivity contribution >= 4 is 5.91 Å². The quantitative estimate of drug-likeness (QED) is 0.826. The van der Waals surface area contributed by atoms with Crippen LogP contribution < -0.4 is 0 Å². The Morgan fingerprint density at radius 1 is 1.39 bits per heavy atom. The summed E-state index contributed by atoms with van der Waals surface area (Å²) in [5, 5.41) is 10.1. The molecule has 0 bridgehead atoms. The van der Waals surface area contributed by atoms with Gasteiger partial charge in [-0.05, 0) is 30.4 Å². The van der Waals surface area contributed by atoms with E-state index in [4.69, 9.17) is 0 Å². The van der Waals surface area contributed by atoms with E-state index >= 15 is 0 Å². The number of piperidine rings is 1. The molecule has 1 aromatic rings. The third-order valence-electron chi connectivity index (χ3n) is 3.98. The number of carbonyl (C=O) groups excluding carboxylic acids is 1. The van der Waals surface area contributed by atoms with Crippen LogP contribution in [0.25, 0.3) is 0 Å². The minimum absolute atomic E-state index is 0.0302. The molecule has 1 fully saturated rings. The zero-order valence-electron chi connectivity index (χ0n) is 11.3. The van der Waals surface area contributed by atoms with Gasteiger partial charge in [-0.25, -0.2) is 0 Å². The van der Waals surface area contributed by atoms with Crippen LogP contribution in [-0.4, -0.2) is 35.1 Å². The summed E-state index contributed by atoms with van der Waals surface area (Å²) in [7, 11) is 0. The lowest BCUT2D eigenvalue weighted by Crippen LogP contribution is -2.50. The Morgan fingerprint density at radius 2 is 2.06 bits per heavy atom. The fraction of sp³-hybridized carbons (Fsp3) is 0.533. The molecule has 18 heavy (non-hydrogen) atoms. The maximum Gasteiger partial charge on any atom is 0.254 e. The number of aliphatic hydroxyl groups is 1. The molecule has 2 rings (SSSR count). The van der Waals surface area contributed by atoms with E-state index in [-0.39, 0.29) is 11.3 Å². The third kappa shape index (κ3) is 2.41. The van der Waals surface area contributed by atoms with Gasteiger partial charge in [0.1, 0.15) is 0 Å². The van der Waals surface area contributed by atoms with E-state index in [1.807, 2.05) is 45.0 Å². The molecule has 1 atom stereocenters. The summed E-state index contributed by atoms with van der Waals surface area (Å²) in [5.41, 5.74) is 1.63. The van der Waals surface area contributed by atoms with Crippen molar-refractivity contribution < 1.29 is 9.90 Å². The molecule has 1 aliphatic rings. The van der Waals surface area contributed by atoms with Gasteiger partial charge < -0.3 is 10.0 Å². The molecule has 1 unspecified atom stereocenters. The van der Waals surface area contributed by atoms with Gasteiger partial charge in [-0.2, -0.15) is 0 Å². The highest BCUT2D eigenvalue weighted by molar-refractivity contribution is 5.95. The van der Waals surface area contributed by atoms with Crippen LogP contribution in [0.3, 0.4) is 0 Å². The molecular weight excluding hydrogens is 226 g/mol. The Labute approximate surface area is 108 Å². The molecule has 1 amide bonds. The summed E-state index contributed by atoms with van der Waals surface area (Å²) < 4.78 is 0. The molecule has 0 aliphatic carbocycles. The van der Waals surface area contributed by atoms with Crippen LogP contribution in [0.1, 0.15) is 36.2 Å². The predicted molar refractivity (Wildman–Crippen MR) is 71.5 cm³/mol. The van der Waals surface area contributed by atoms with E-state index in [1.54, 1.807) is 4.90 Å². The van der Waals surface area contributed by atoms with Crippen molar-refractivity contribution in [1.82, 2.24) is 4.90 Å². The van der Waals surface area contributed by atoms with Gasteiger partial charge in [-0.3, -0.25) is 4.79 Å². The highest BCUT2D eigenvalue weighted by atomic mass is 16.3. The van der Waals surface area contributed by atoms with E-state index in [9.17, 15) is 9.90 Å². The Morgan fingerprint density at radius 3 is 2.67 bits per heavy atom. The third-order valence-corrected chi connectivity index (χ3v) is 3.98. The van der Waals surface area contributed by atoms with Gasteiger partial charge in [0.25, 0.3) is 5.91 Å². The van der Waals surface area contributed by atoms with Gasteiger partial charge in [0.05, 0.1) is 6.10 Å². The van der Waals surface area contributed by atoms with Gasteiger partial charge in [-0.1, -0.05) is 32.0 Å². The molecule has 1 heterocycles. The second-order valence-corrected chi connectivity index (χ2v) is 5.82. The largest absolute Gasteiger partial charge is 0.391 e. The van der Waals surface area contributed by atoms with Gasteiger partial charge >= 0.3 is 0 Å². The number of aliphatic hydroxyl groups excluding tert-OH is 1. The van der Waals surface area contributed by atoms with Crippen molar-refractivity contribution in [3.63, 3.8) is 0 Å². The molecule has 3 nitrogen and oxygen atoms in total. The highest BCUT2D eigenvalue weighted by Gasteiger charge is 2.36. The minimum Gasteiger partial charge on any atom is -0.391 e. The standard InChI is InChI=1S/C15H21NO2/c1-11-6-4-5-7-12(11)14(18)16-9-8-15(2,3)13(17)10-16/h4-7,13,17H,8-10H2,1-3H3. The SMILES string of the molecule is Cc1ccccc1C(=O)N1CCC(C)(C)C(O)C1. The van der Waals surface area contributed by atoms with E-state index in [2.05, 4.69) is 0 Å². The average Bonchev–Trinajstić information content (AvgIpc) is 2.32. The summed E-state index contributed by atoms with van der Waals surface area (Å²) in [6.45, 7) is 7.19. The fourth-order valence-electron chi connectivity index (χ4n) is 2.30. The van der Waals surface area contributed by atoms with Crippen LogP contribution in [0.15, 0.2) is 24.3 Å². The first-order valence-corrected chi connectivity index (χ1v) is 6.45. The number of amides is 1. The van der Waals surface area contributed by atoms with Crippen molar-refractivity contribution in [2.24, 2.45) is 5.41 Å². The topological polar surface area (TPSA) is 40.5 Å². The number of benzene rings is 1. The van der Waals surface area contributed by atoms with Crippen molar-refractivity contribution in [2.45, 2.75) is 33.3 Å². The molecule has 1 saturated heterocycles. The summed E-state index contributed by atoms with van der Waals surface area (Å²) in [5.74, 6) is 0.0302. The molecule has 1 aliphatic heterocycles. The fourth-order valence-corrected chi connectivity index (χ4v) is 2.30. The normalized spacial score (nSPS) is 22.9. The van der Waals surface area contributed by atoms with Gasteiger partial charge in [0, 0.05) is 18.7 Å².